The van der Waals surface area contributed by atoms with Gasteiger partial charge in [0.1, 0.15) is 5.75 Å². The molecule has 162 valence electrons. The number of nitrogens with zero attached hydrogens (tertiary/aromatic N) is 1. The molecule has 1 aliphatic rings. The van der Waals surface area contributed by atoms with E-state index in [1.807, 2.05) is 49.1 Å². The number of ether oxygens (including phenoxy) is 2. The van der Waals surface area contributed by atoms with Crippen LogP contribution in [0.15, 0.2) is 65.9 Å². The number of para-hydroxylation sites is 1. The number of methoxy groups -OCH3 is 1. The normalized spacial score (nSPS) is 15.9. The zero-order chi connectivity index (χ0) is 22.4. The molecule has 8 heteroatoms. The van der Waals surface area contributed by atoms with Crippen molar-refractivity contribution in [1.29, 1.82) is 0 Å². The molecule has 2 aromatic carbocycles. The van der Waals surface area contributed by atoms with E-state index in [4.69, 9.17) is 21.7 Å². The van der Waals surface area contributed by atoms with E-state index in [0.717, 1.165) is 11.3 Å². The van der Waals surface area contributed by atoms with E-state index < -0.39 is 12.0 Å². The van der Waals surface area contributed by atoms with Gasteiger partial charge in [0.15, 0.2) is 11.7 Å². The van der Waals surface area contributed by atoms with E-state index in [0.29, 0.717) is 28.7 Å². The van der Waals surface area contributed by atoms with Gasteiger partial charge in [0, 0.05) is 17.9 Å². The fourth-order valence-electron chi connectivity index (χ4n) is 3.41. The Balaban J connectivity index is 1.72. The van der Waals surface area contributed by atoms with Gasteiger partial charge in [0.25, 0.3) is 5.91 Å². The van der Waals surface area contributed by atoms with Gasteiger partial charge in [-0.2, -0.15) is 0 Å². The van der Waals surface area contributed by atoms with Crippen LogP contribution >= 0.6 is 12.2 Å². The third-order valence-electron chi connectivity index (χ3n) is 4.96. The molecule has 1 atom stereocenters. The molecule has 0 aromatic heterocycles. The minimum atomic E-state index is -0.436. The second-order valence-electron chi connectivity index (χ2n) is 6.89. The van der Waals surface area contributed by atoms with E-state index in [2.05, 4.69) is 10.6 Å². The van der Waals surface area contributed by atoms with Crippen LogP contribution in [0, 0.1) is 0 Å². The molecule has 2 aromatic rings. The first-order valence-electron chi connectivity index (χ1n) is 9.89. The molecule has 1 amide bonds. The molecule has 7 nitrogen and oxygen atoms in total. The zero-order valence-electron chi connectivity index (χ0n) is 17.7. The summed E-state index contributed by atoms with van der Waals surface area (Å²) in [4.78, 5) is 26.5. The third-order valence-corrected chi connectivity index (χ3v) is 5.30. The smallest absolute Gasteiger partial charge is 0.337 e. The van der Waals surface area contributed by atoms with E-state index in [9.17, 15) is 9.59 Å². The Bertz CT molecular complexity index is 990. The van der Waals surface area contributed by atoms with Gasteiger partial charge < -0.3 is 25.0 Å². The predicted octanol–water partition coefficient (Wildman–Crippen LogP) is 3.40. The van der Waals surface area contributed by atoms with Gasteiger partial charge in [0.05, 0.1) is 18.7 Å². The highest BCUT2D eigenvalue weighted by Crippen LogP contribution is 2.31. The maximum atomic E-state index is 12.5. The summed E-state index contributed by atoms with van der Waals surface area (Å²) in [6.07, 6.45) is 0. The summed E-state index contributed by atoms with van der Waals surface area (Å²) in [5.41, 5.74) is 2.72. The van der Waals surface area contributed by atoms with Crippen LogP contribution in [0.3, 0.4) is 0 Å². The molecule has 3 rings (SSSR count). The predicted molar refractivity (Wildman–Crippen MR) is 123 cm³/mol. The Morgan fingerprint density at radius 1 is 1.13 bits per heavy atom. The molecule has 0 fully saturated rings. The molecule has 31 heavy (non-hydrogen) atoms. The molecule has 0 spiro atoms. The largest absolute Gasteiger partial charge is 0.484 e. The first kappa shape index (κ1) is 22.3. The molecule has 0 saturated heterocycles. The number of carbonyl (C=O) groups excluding carboxylic acids is 2. The van der Waals surface area contributed by atoms with Crippen LogP contribution < -0.4 is 15.4 Å². The van der Waals surface area contributed by atoms with Crippen LogP contribution in [-0.4, -0.2) is 42.2 Å². The summed E-state index contributed by atoms with van der Waals surface area (Å²) in [7, 11) is 1.36. The van der Waals surface area contributed by atoms with Crippen LogP contribution in [0.2, 0.25) is 0 Å². The molecule has 0 saturated carbocycles. The Morgan fingerprint density at radius 2 is 1.81 bits per heavy atom. The summed E-state index contributed by atoms with van der Waals surface area (Å²) in [6, 6.07) is 15.9. The molecular weight excluding hydrogens is 414 g/mol. The second kappa shape index (κ2) is 10.1. The number of nitrogens with one attached hydrogen (secondary N) is 2. The van der Waals surface area contributed by atoms with Crippen molar-refractivity contribution in [2.24, 2.45) is 0 Å². The summed E-state index contributed by atoms with van der Waals surface area (Å²) in [6.45, 7) is 4.37. The Kier molecular flexibility index (Phi) is 7.25. The molecule has 1 heterocycles. The van der Waals surface area contributed by atoms with Crippen molar-refractivity contribution >= 4 is 34.9 Å². The van der Waals surface area contributed by atoms with Crippen LogP contribution in [0.1, 0.15) is 25.5 Å². The fourth-order valence-corrected chi connectivity index (χ4v) is 3.79. The van der Waals surface area contributed by atoms with Gasteiger partial charge in [-0.15, -0.1) is 0 Å². The number of allylic oxidation sites excluding steroid dienone is 1. The topological polar surface area (TPSA) is 79.9 Å². The van der Waals surface area contributed by atoms with Crippen molar-refractivity contribution in [1.82, 2.24) is 10.2 Å². The molecule has 0 aliphatic carbocycles. The maximum absolute atomic E-state index is 12.5. The molecule has 2 N–H and O–H groups in total. The van der Waals surface area contributed by atoms with E-state index in [-0.39, 0.29) is 12.5 Å². The second-order valence-corrected chi connectivity index (χ2v) is 7.28. The lowest BCUT2D eigenvalue weighted by Gasteiger charge is -2.36. The monoisotopic (exact) mass is 439 g/mol. The van der Waals surface area contributed by atoms with Crippen LogP contribution in [-0.2, 0) is 14.3 Å². The molecular formula is C23H25N3O4S. The number of amides is 1. The minimum Gasteiger partial charge on any atom is -0.484 e. The van der Waals surface area contributed by atoms with Crippen molar-refractivity contribution < 1.29 is 19.1 Å². The quantitative estimate of drug-likeness (QED) is 0.506. The van der Waals surface area contributed by atoms with Crippen molar-refractivity contribution in [2.45, 2.75) is 19.9 Å². The summed E-state index contributed by atoms with van der Waals surface area (Å²) < 4.78 is 10.5. The first-order chi connectivity index (χ1) is 14.9. The van der Waals surface area contributed by atoms with Gasteiger partial charge in [-0.25, -0.2) is 4.79 Å². The number of carbonyl (C=O) groups is 2. The highest BCUT2D eigenvalue weighted by atomic mass is 32.1. The number of hydrogen-bond donors (Lipinski definition) is 2. The van der Waals surface area contributed by atoms with Crippen LogP contribution in [0.4, 0.5) is 5.69 Å². The average molecular weight is 440 g/mol. The SMILES string of the molecule is CCN1C(=S)NC(c2ccc(NC(=O)COc3ccccc3)cc2)C(C(=O)OC)=C1C. The lowest BCUT2D eigenvalue weighted by atomic mass is 9.95. The molecule has 1 unspecified atom stereocenters. The highest BCUT2D eigenvalue weighted by Gasteiger charge is 2.33. The van der Waals surface area contributed by atoms with Crippen molar-refractivity contribution in [3.05, 3.63) is 71.4 Å². The number of anilines is 1. The number of esters is 1. The minimum absolute atomic E-state index is 0.0918. The molecule has 0 radical (unpaired) electrons. The van der Waals surface area contributed by atoms with Crippen molar-refractivity contribution in [3.8, 4) is 5.75 Å². The van der Waals surface area contributed by atoms with E-state index in [1.165, 1.54) is 7.11 Å². The molecule has 0 bridgehead atoms. The Labute approximate surface area is 187 Å². The number of benzene rings is 2. The van der Waals surface area contributed by atoms with Gasteiger partial charge in [-0.05, 0) is 55.9 Å². The third kappa shape index (κ3) is 5.21. The van der Waals surface area contributed by atoms with Gasteiger partial charge >= 0.3 is 5.97 Å². The first-order valence-corrected chi connectivity index (χ1v) is 10.3. The lowest BCUT2D eigenvalue weighted by Crippen LogP contribution is -2.47. The number of thiocarbonyl (C=S) groups is 1. The fraction of sp³-hybridized carbons (Fsp3) is 0.261. The maximum Gasteiger partial charge on any atom is 0.337 e. The van der Waals surface area contributed by atoms with Crippen LogP contribution in [0.5, 0.6) is 5.75 Å². The zero-order valence-corrected chi connectivity index (χ0v) is 18.5. The van der Waals surface area contributed by atoms with Gasteiger partial charge in [0.2, 0.25) is 0 Å². The summed E-state index contributed by atoms with van der Waals surface area (Å²) in [5, 5.41) is 6.57. The van der Waals surface area contributed by atoms with E-state index >= 15 is 0 Å². The average Bonchev–Trinajstić information content (AvgIpc) is 2.78. The Hall–Kier alpha value is -3.39. The molecule has 1 aliphatic heterocycles. The number of hydrogen-bond acceptors (Lipinski definition) is 5. The summed E-state index contributed by atoms with van der Waals surface area (Å²) in [5.74, 6) is -0.0458. The Morgan fingerprint density at radius 3 is 2.42 bits per heavy atom. The number of rotatable bonds is 7. The highest BCUT2D eigenvalue weighted by molar-refractivity contribution is 7.80. The standard InChI is InChI=1S/C23H25N3O4S/c1-4-26-15(2)20(22(28)29-3)21(25-23(26)31)16-10-12-17(13-11-16)24-19(27)14-30-18-8-6-5-7-9-18/h5-13,21H,4,14H2,1-3H3,(H,24,27)(H,25,31). The van der Waals surface area contributed by atoms with Crippen molar-refractivity contribution in [2.75, 3.05) is 25.6 Å². The van der Waals surface area contributed by atoms with Crippen LogP contribution in [0.25, 0.3) is 0 Å². The van der Waals surface area contributed by atoms with Gasteiger partial charge in [-0.1, -0.05) is 30.3 Å². The van der Waals surface area contributed by atoms with Gasteiger partial charge in [-0.3, -0.25) is 4.79 Å². The summed E-state index contributed by atoms with van der Waals surface area (Å²) >= 11 is 5.47. The lowest BCUT2D eigenvalue weighted by molar-refractivity contribution is -0.136. The van der Waals surface area contributed by atoms with Crippen molar-refractivity contribution in [3.63, 3.8) is 0 Å². The van der Waals surface area contributed by atoms with E-state index in [1.54, 1.807) is 24.3 Å².